The second kappa shape index (κ2) is 7.77. The van der Waals surface area contributed by atoms with Crippen molar-refractivity contribution in [2.75, 3.05) is 19.7 Å². The van der Waals surface area contributed by atoms with E-state index in [4.69, 9.17) is 4.74 Å². The normalized spacial score (nSPS) is 19.5. The smallest absolute Gasteiger partial charge is 0.227 e. The maximum Gasteiger partial charge on any atom is 0.227 e. The molecule has 1 saturated carbocycles. The van der Waals surface area contributed by atoms with Crippen LogP contribution in [0.25, 0.3) is 0 Å². The number of rotatable bonds is 6. The average Bonchev–Trinajstić information content (AvgIpc) is 2.56. The molecule has 0 spiro atoms. The van der Waals surface area contributed by atoms with Gasteiger partial charge in [0.05, 0.1) is 23.5 Å². The lowest BCUT2D eigenvalue weighted by Gasteiger charge is -2.41. The Kier molecular flexibility index (Phi) is 5.67. The molecular formula is C19H27NO4S. The summed E-state index contributed by atoms with van der Waals surface area (Å²) in [5.41, 5.74) is 0.923. The van der Waals surface area contributed by atoms with Crippen molar-refractivity contribution < 1.29 is 17.9 Å². The lowest BCUT2D eigenvalue weighted by Crippen LogP contribution is -2.59. The molecule has 1 aromatic rings. The Labute approximate surface area is 150 Å². The number of carbonyl (C=O) groups is 1. The Morgan fingerprint density at radius 1 is 1.08 bits per heavy atom. The Morgan fingerprint density at radius 2 is 1.72 bits per heavy atom. The molecule has 0 atom stereocenters. The van der Waals surface area contributed by atoms with Gasteiger partial charge in [0, 0.05) is 13.1 Å². The van der Waals surface area contributed by atoms with Gasteiger partial charge in [0.15, 0.2) is 9.84 Å². The van der Waals surface area contributed by atoms with Crippen LogP contribution in [0.15, 0.2) is 24.3 Å². The molecule has 5 nitrogen and oxygen atoms in total. The first-order valence-electron chi connectivity index (χ1n) is 9.23. The Balaban J connectivity index is 1.50. The highest BCUT2D eigenvalue weighted by molar-refractivity contribution is 7.92. The second-order valence-corrected chi connectivity index (χ2v) is 9.53. The second-order valence-electron chi connectivity index (χ2n) is 7.02. The number of carbonyl (C=O) groups excluding carboxylic acids is 1. The summed E-state index contributed by atoms with van der Waals surface area (Å²) in [7, 11) is -3.09. The highest BCUT2D eigenvalue weighted by atomic mass is 32.2. The van der Waals surface area contributed by atoms with Gasteiger partial charge in [-0.2, -0.15) is 0 Å². The molecule has 1 saturated heterocycles. The summed E-state index contributed by atoms with van der Waals surface area (Å²) in [6.07, 6.45) is 5.05. The van der Waals surface area contributed by atoms with Crippen LogP contribution in [0.2, 0.25) is 0 Å². The van der Waals surface area contributed by atoms with Gasteiger partial charge in [0.1, 0.15) is 5.75 Å². The summed E-state index contributed by atoms with van der Waals surface area (Å²) in [6, 6.07) is 7.50. The van der Waals surface area contributed by atoms with Crippen LogP contribution in [-0.4, -0.2) is 49.4 Å². The van der Waals surface area contributed by atoms with Gasteiger partial charge in [-0.1, -0.05) is 31.4 Å². The van der Waals surface area contributed by atoms with Crippen LogP contribution in [0.4, 0.5) is 0 Å². The minimum Gasteiger partial charge on any atom is -0.494 e. The first kappa shape index (κ1) is 18.2. The van der Waals surface area contributed by atoms with E-state index >= 15 is 0 Å². The molecule has 0 bridgehead atoms. The van der Waals surface area contributed by atoms with E-state index < -0.39 is 9.84 Å². The molecule has 1 aliphatic carbocycles. The van der Waals surface area contributed by atoms with Crippen molar-refractivity contribution in [3.8, 4) is 5.75 Å². The van der Waals surface area contributed by atoms with Gasteiger partial charge in [-0.25, -0.2) is 8.42 Å². The van der Waals surface area contributed by atoms with Crippen molar-refractivity contribution in [3.63, 3.8) is 0 Å². The third-order valence-electron chi connectivity index (χ3n) is 5.27. The maximum absolute atomic E-state index is 12.6. The molecule has 1 amide bonds. The topological polar surface area (TPSA) is 63.7 Å². The quantitative estimate of drug-likeness (QED) is 0.777. The number of hydrogen-bond donors (Lipinski definition) is 0. The summed E-state index contributed by atoms with van der Waals surface area (Å²) in [5, 5.41) is -0.547. The molecule has 138 valence electrons. The zero-order valence-electron chi connectivity index (χ0n) is 14.8. The number of likely N-dealkylation sites (tertiary alicyclic amines) is 1. The van der Waals surface area contributed by atoms with Crippen molar-refractivity contribution in [1.82, 2.24) is 4.90 Å². The van der Waals surface area contributed by atoms with Crippen LogP contribution in [0, 0.1) is 0 Å². The number of nitrogens with zero attached hydrogens (tertiary/aromatic N) is 1. The molecular weight excluding hydrogens is 338 g/mol. The fraction of sp³-hybridized carbons (Fsp3) is 0.632. The van der Waals surface area contributed by atoms with Crippen molar-refractivity contribution in [1.29, 1.82) is 0 Å². The van der Waals surface area contributed by atoms with Gasteiger partial charge >= 0.3 is 0 Å². The summed E-state index contributed by atoms with van der Waals surface area (Å²) in [6.45, 7) is 3.26. The van der Waals surface area contributed by atoms with Crippen LogP contribution >= 0.6 is 0 Å². The molecule has 1 aliphatic heterocycles. The lowest BCUT2D eigenvalue weighted by molar-refractivity contribution is -0.133. The van der Waals surface area contributed by atoms with Crippen LogP contribution in [0.3, 0.4) is 0 Å². The number of ether oxygens (including phenoxy) is 1. The van der Waals surface area contributed by atoms with Gasteiger partial charge in [-0.3, -0.25) is 4.79 Å². The van der Waals surface area contributed by atoms with Gasteiger partial charge in [0.2, 0.25) is 5.91 Å². The van der Waals surface area contributed by atoms with Crippen molar-refractivity contribution in [2.24, 2.45) is 0 Å². The summed E-state index contributed by atoms with van der Waals surface area (Å²) in [5.74, 6) is 0.792. The molecule has 1 heterocycles. The molecule has 0 aromatic heterocycles. The van der Waals surface area contributed by atoms with E-state index in [2.05, 4.69) is 0 Å². The Hall–Kier alpha value is -1.56. The minimum atomic E-state index is -3.09. The highest BCUT2D eigenvalue weighted by Crippen LogP contribution is 2.30. The Bertz CT molecular complexity index is 687. The van der Waals surface area contributed by atoms with E-state index in [-0.39, 0.29) is 16.4 Å². The molecule has 2 aliphatic rings. The predicted octanol–water partition coefficient (Wildman–Crippen LogP) is 2.59. The van der Waals surface area contributed by atoms with Crippen LogP contribution in [0.1, 0.15) is 44.6 Å². The summed E-state index contributed by atoms with van der Waals surface area (Å²) < 4.78 is 30.7. The van der Waals surface area contributed by atoms with E-state index in [0.717, 1.165) is 43.4 Å². The largest absolute Gasteiger partial charge is 0.494 e. The highest BCUT2D eigenvalue weighted by Gasteiger charge is 2.43. The van der Waals surface area contributed by atoms with Crippen molar-refractivity contribution >= 4 is 15.7 Å². The van der Waals surface area contributed by atoms with E-state index in [9.17, 15) is 13.2 Å². The van der Waals surface area contributed by atoms with Gasteiger partial charge in [-0.05, 0) is 37.5 Å². The van der Waals surface area contributed by atoms with E-state index in [1.165, 1.54) is 0 Å². The van der Waals surface area contributed by atoms with E-state index in [1.54, 1.807) is 4.90 Å². The molecule has 1 aromatic carbocycles. The van der Waals surface area contributed by atoms with Crippen LogP contribution < -0.4 is 4.74 Å². The zero-order valence-corrected chi connectivity index (χ0v) is 15.6. The van der Waals surface area contributed by atoms with Crippen molar-refractivity contribution in [2.45, 2.75) is 55.9 Å². The molecule has 25 heavy (non-hydrogen) atoms. The number of amides is 1. The molecule has 3 rings (SSSR count). The molecule has 0 radical (unpaired) electrons. The molecule has 0 unspecified atom stereocenters. The molecule has 2 fully saturated rings. The maximum atomic E-state index is 12.6. The fourth-order valence-electron chi connectivity index (χ4n) is 3.67. The standard InChI is InChI=1S/C19H27NO4S/c1-2-24-16-10-8-15(9-11-16)12-19(21)20-13-18(14-20)25(22,23)17-6-4-3-5-7-17/h8-11,17-18H,2-7,12-14H2,1H3. The summed E-state index contributed by atoms with van der Waals surface area (Å²) in [4.78, 5) is 14.0. The Morgan fingerprint density at radius 3 is 2.32 bits per heavy atom. The average molecular weight is 365 g/mol. The monoisotopic (exact) mass is 365 g/mol. The number of hydrogen-bond acceptors (Lipinski definition) is 4. The van der Waals surface area contributed by atoms with Crippen LogP contribution in [0.5, 0.6) is 5.75 Å². The SMILES string of the molecule is CCOc1ccc(CC(=O)N2CC(S(=O)(=O)C3CCCCC3)C2)cc1. The first-order chi connectivity index (χ1) is 12.0. The third-order valence-corrected chi connectivity index (χ3v) is 7.90. The van der Waals surface area contributed by atoms with E-state index in [1.807, 2.05) is 31.2 Å². The lowest BCUT2D eigenvalue weighted by atomic mass is 10.0. The van der Waals surface area contributed by atoms with Crippen LogP contribution in [-0.2, 0) is 21.1 Å². The first-order valence-corrected chi connectivity index (χ1v) is 10.8. The fourth-order valence-corrected chi connectivity index (χ4v) is 5.98. The predicted molar refractivity (Wildman–Crippen MR) is 97.5 cm³/mol. The number of benzene rings is 1. The third kappa shape index (κ3) is 4.17. The molecule has 6 heteroatoms. The molecule has 0 N–H and O–H groups in total. The number of sulfone groups is 1. The van der Waals surface area contributed by atoms with Crippen molar-refractivity contribution in [3.05, 3.63) is 29.8 Å². The van der Waals surface area contributed by atoms with Gasteiger partial charge < -0.3 is 9.64 Å². The minimum absolute atomic E-state index is 0.000691. The van der Waals surface area contributed by atoms with E-state index in [0.29, 0.717) is 26.1 Å². The van der Waals surface area contributed by atoms with Gasteiger partial charge in [0.25, 0.3) is 0 Å². The zero-order chi connectivity index (χ0) is 17.9. The summed E-state index contributed by atoms with van der Waals surface area (Å²) >= 11 is 0. The van der Waals surface area contributed by atoms with Gasteiger partial charge in [-0.15, -0.1) is 0 Å².